The minimum Gasteiger partial charge on any atom is -0.494 e. The zero-order valence-corrected chi connectivity index (χ0v) is 13.0. The molecule has 0 bridgehead atoms. The lowest BCUT2D eigenvalue weighted by atomic mass is 10.0. The fourth-order valence-corrected chi connectivity index (χ4v) is 2.79. The highest BCUT2D eigenvalue weighted by Crippen LogP contribution is 2.25. The van der Waals surface area contributed by atoms with Crippen LogP contribution in [0.5, 0.6) is 5.75 Å². The highest BCUT2D eigenvalue weighted by atomic mass is 32.2. The van der Waals surface area contributed by atoms with Gasteiger partial charge < -0.3 is 9.84 Å². The lowest BCUT2D eigenvalue weighted by molar-refractivity contribution is 0.178. The van der Waals surface area contributed by atoms with E-state index < -0.39 is 11.9 Å². The van der Waals surface area contributed by atoms with Gasteiger partial charge in [0, 0.05) is 11.3 Å². The summed E-state index contributed by atoms with van der Waals surface area (Å²) in [5.41, 5.74) is 1.58. The van der Waals surface area contributed by atoms with Crippen LogP contribution in [0.2, 0.25) is 0 Å². The third kappa shape index (κ3) is 4.22. The van der Waals surface area contributed by atoms with E-state index in [1.165, 1.54) is 18.1 Å². The molecule has 0 aromatic heterocycles. The van der Waals surface area contributed by atoms with Crippen molar-refractivity contribution in [3.63, 3.8) is 0 Å². The van der Waals surface area contributed by atoms with Crippen molar-refractivity contribution in [3.8, 4) is 5.75 Å². The topological polar surface area (TPSA) is 29.5 Å². The van der Waals surface area contributed by atoms with Crippen LogP contribution in [-0.4, -0.2) is 18.0 Å². The Morgan fingerprint density at radius 3 is 2.48 bits per heavy atom. The van der Waals surface area contributed by atoms with E-state index in [4.69, 9.17) is 4.74 Å². The maximum Gasteiger partial charge on any atom is 0.165 e. The molecule has 2 aromatic rings. The van der Waals surface area contributed by atoms with Gasteiger partial charge in [0.2, 0.25) is 0 Å². The van der Waals surface area contributed by atoms with Crippen LogP contribution in [0.1, 0.15) is 24.2 Å². The van der Waals surface area contributed by atoms with Gasteiger partial charge in [-0.2, -0.15) is 0 Å². The molecule has 2 aromatic carbocycles. The Kier molecular flexibility index (Phi) is 5.65. The number of aliphatic hydroxyl groups is 1. The summed E-state index contributed by atoms with van der Waals surface area (Å²) in [6.45, 7) is 2.10. The molecule has 1 unspecified atom stereocenters. The van der Waals surface area contributed by atoms with Gasteiger partial charge in [0.1, 0.15) is 0 Å². The first-order valence-corrected chi connectivity index (χ1v) is 7.85. The second-order valence-corrected chi connectivity index (χ2v) is 6.03. The van der Waals surface area contributed by atoms with Crippen molar-refractivity contribution in [2.45, 2.75) is 24.3 Å². The van der Waals surface area contributed by atoms with Gasteiger partial charge >= 0.3 is 0 Å². The predicted molar refractivity (Wildman–Crippen MR) is 84.5 cm³/mol. The number of methoxy groups -OCH3 is 1. The van der Waals surface area contributed by atoms with Gasteiger partial charge in [-0.25, -0.2) is 4.39 Å². The van der Waals surface area contributed by atoms with Crippen molar-refractivity contribution in [1.29, 1.82) is 0 Å². The summed E-state index contributed by atoms with van der Waals surface area (Å²) in [6.07, 6.45) is -0.264. The molecule has 0 amide bonds. The van der Waals surface area contributed by atoms with E-state index in [1.54, 1.807) is 23.9 Å². The number of halogens is 1. The Morgan fingerprint density at radius 1 is 1.19 bits per heavy atom. The van der Waals surface area contributed by atoms with Crippen LogP contribution in [0.4, 0.5) is 4.39 Å². The maximum atomic E-state index is 13.6. The zero-order chi connectivity index (χ0) is 15.2. The lowest BCUT2D eigenvalue weighted by Gasteiger charge is -2.12. The molecule has 0 saturated heterocycles. The molecule has 0 fully saturated rings. The Labute approximate surface area is 129 Å². The van der Waals surface area contributed by atoms with Crippen LogP contribution in [0.3, 0.4) is 0 Å². The molecule has 112 valence electrons. The van der Waals surface area contributed by atoms with Crippen molar-refractivity contribution in [3.05, 3.63) is 59.4 Å². The molecule has 0 aliphatic rings. The van der Waals surface area contributed by atoms with Crippen molar-refractivity contribution in [2.75, 3.05) is 12.9 Å². The number of thioether (sulfide) groups is 1. The molecule has 0 spiro atoms. The number of hydrogen-bond acceptors (Lipinski definition) is 3. The first kappa shape index (κ1) is 15.9. The molecule has 0 saturated carbocycles. The number of benzene rings is 2. The molecule has 21 heavy (non-hydrogen) atoms. The van der Waals surface area contributed by atoms with E-state index >= 15 is 0 Å². The van der Waals surface area contributed by atoms with Gasteiger partial charge in [0.05, 0.1) is 13.2 Å². The first-order valence-electron chi connectivity index (χ1n) is 6.87. The summed E-state index contributed by atoms with van der Waals surface area (Å²) < 4.78 is 18.5. The summed E-state index contributed by atoms with van der Waals surface area (Å²) in [4.78, 5) is 1.18. The SMILES string of the molecule is CCSc1ccc(C(O)Cc2ccc(OC)c(F)c2)cc1. The second-order valence-electron chi connectivity index (χ2n) is 4.69. The normalized spacial score (nSPS) is 12.2. The molecule has 0 heterocycles. The first-order chi connectivity index (χ1) is 10.1. The van der Waals surface area contributed by atoms with Crippen molar-refractivity contribution in [2.24, 2.45) is 0 Å². The minimum absolute atomic E-state index is 0.217. The maximum absolute atomic E-state index is 13.6. The van der Waals surface area contributed by atoms with Crippen LogP contribution >= 0.6 is 11.8 Å². The fourth-order valence-electron chi connectivity index (χ4n) is 2.13. The number of hydrogen-bond donors (Lipinski definition) is 1. The molecular weight excluding hydrogens is 287 g/mol. The van der Waals surface area contributed by atoms with Gasteiger partial charge in [-0.05, 0) is 41.1 Å². The van der Waals surface area contributed by atoms with Gasteiger partial charge in [0.15, 0.2) is 11.6 Å². The molecule has 1 N–H and O–H groups in total. The highest BCUT2D eigenvalue weighted by molar-refractivity contribution is 7.99. The Bertz CT molecular complexity index is 584. The molecular formula is C17H19FO2S. The Hall–Kier alpha value is -1.52. The standard InChI is InChI=1S/C17H19FO2S/c1-3-21-14-7-5-13(6-8-14)16(19)11-12-4-9-17(20-2)15(18)10-12/h4-10,16,19H,3,11H2,1-2H3. The van der Waals surface area contributed by atoms with E-state index in [2.05, 4.69) is 6.92 Å². The van der Waals surface area contributed by atoms with Crippen molar-refractivity contribution in [1.82, 2.24) is 0 Å². The van der Waals surface area contributed by atoms with Crippen LogP contribution in [-0.2, 0) is 6.42 Å². The molecule has 4 heteroatoms. The predicted octanol–water partition coefficient (Wildman–Crippen LogP) is 4.22. The highest BCUT2D eigenvalue weighted by Gasteiger charge is 2.11. The number of aliphatic hydroxyl groups excluding tert-OH is 1. The second kappa shape index (κ2) is 7.48. The zero-order valence-electron chi connectivity index (χ0n) is 12.2. The van der Waals surface area contributed by atoms with Gasteiger partial charge in [0.25, 0.3) is 0 Å². The quantitative estimate of drug-likeness (QED) is 0.810. The Balaban J connectivity index is 2.06. The summed E-state index contributed by atoms with van der Waals surface area (Å²) in [5.74, 6) is 0.832. The molecule has 0 radical (unpaired) electrons. The lowest BCUT2D eigenvalue weighted by Crippen LogP contribution is -2.02. The average molecular weight is 306 g/mol. The third-order valence-corrected chi connectivity index (χ3v) is 4.12. The van der Waals surface area contributed by atoms with Crippen LogP contribution in [0.15, 0.2) is 47.4 Å². The molecule has 0 aliphatic heterocycles. The van der Waals surface area contributed by atoms with Crippen LogP contribution in [0.25, 0.3) is 0 Å². The third-order valence-electron chi connectivity index (χ3n) is 3.22. The van der Waals surface area contributed by atoms with Crippen LogP contribution < -0.4 is 4.74 Å². The largest absolute Gasteiger partial charge is 0.494 e. The molecule has 0 aliphatic carbocycles. The van der Waals surface area contributed by atoms with Crippen LogP contribution in [0, 0.1) is 5.82 Å². The molecule has 1 atom stereocenters. The number of ether oxygens (including phenoxy) is 1. The van der Waals surface area contributed by atoms with E-state index in [0.717, 1.165) is 16.9 Å². The summed E-state index contributed by atoms with van der Waals surface area (Å²) >= 11 is 1.76. The summed E-state index contributed by atoms with van der Waals surface area (Å²) in [7, 11) is 1.43. The smallest absolute Gasteiger partial charge is 0.165 e. The van der Waals surface area contributed by atoms with Gasteiger partial charge in [-0.3, -0.25) is 0 Å². The monoisotopic (exact) mass is 306 g/mol. The summed E-state index contributed by atoms with van der Waals surface area (Å²) in [6, 6.07) is 12.6. The average Bonchev–Trinajstić information content (AvgIpc) is 2.48. The van der Waals surface area contributed by atoms with Crippen molar-refractivity contribution >= 4 is 11.8 Å². The van der Waals surface area contributed by atoms with Gasteiger partial charge in [-0.1, -0.05) is 25.1 Å². The molecule has 2 rings (SSSR count). The minimum atomic E-state index is -0.640. The fraction of sp³-hybridized carbons (Fsp3) is 0.294. The number of rotatable bonds is 6. The van der Waals surface area contributed by atoms with E-state index in [0.29, 0.717) is 6.42 Å². The van der Waals surface area contributed by atoms with E-state index in [9.17, 15) is 9.50 Å². The molecule has 2 nitrogen and oxygen atoms in total. The van der Waals surface area contributed by atoms with Gasteiger partial charge in [-0.15, -0.1) is 11.8 Å². The van der Waals surface area contributed by atoms with E-state index in [-0.39, 0.29) is 5.75 Å². The Morgan fingerprint density at radius 2 is 1.90 bits per heavy atom. The summed E-state index contributed by atoms with van der Waals surface area (Å²) in [5, 5.41) is 10.3. The van der Waals surface area contributed by atoms with Crippen molar-refractivity contribution < 1.29 is 14.2 Å². The van der Waals surface area contributed by atoms with E-state index in [1.807, 2.05) is 24.3 Å².